The fourth-order valence-corrected chi connectivity index (χ4v) is 5.42. The number of halogens is 2. The molecule has 1 heterocycles. The molecule has 1 aliphatic heterocycles. The molecule has 2 aromatic rings. The molecule has 2 N–H and O–H groups in total. The molecule has 1 amide bonds. The number of aryl methyl sites for hydroxylation is 1. The predicted molar refractivity (Wildman–Crippen MR) is 131 cm³/mol. The quantitative estimate of drug-likeness (QED) is 0.631. The van der Waals surface area contributed by atoms with E-state index in [0.717, 1.165) is 34.5 Å². The molecule has 0 unspecified atom stereocenters. The second-order valence-electron chi connectivity index (χ2n) is 9.43. The van der Waals surface area contributed by atoms with Gasteiger partial charge in [0.2, 0.25) is 5.91 Å². The smallest absolute Gasteiger partial charge is 0.230 e. The van der Waals surface area contributed by atoms with Crippen LogP contribution in [0.1, 0.15) is 30.9 Å². The van der Waals surface area contributed by atoms with Crippen molar-refractivity contribution in [2.75, 3.05) is 18.2 Å². The Morgan fingerprint density at radius 3 is 2.69 bits per heavy atom. The molecule has 5 nitrogen and oxygen atoms in total. The van der Waals surface area contributed by atoms with Crippen molar-refractivity contribution in [1.29, 1.82) is 0 Å². The second kappa shape index (κ2) is 9.30. The third-order valence-corrected chi connectivity index (χ3v) is 7.25. The van der Waals surface area contributed by atoms with Crippen LogP contribution in [-0.4, -0.2) is 29.1 Å². The summed E-state index contributed by atoms with van der Waals surface area (Å²) in [5.74, 6) is -0.854. The number of hydrazine groups is 1. The number of carbonyl (C=O) groups excluding carboxylic acids is 1. The minimum atomic E-state index is -0.297. The third-order valence-electron chi connectivity index (χ3n) is 7.25. The van der Waals surface area contributed by atoms with E-state index in [4.69, 9.17) is 0 Å². The van der Waals surface area contributed by atoms with Crippen molar-refractivity contribution < 1.29 is 18.7 Å². The van der Waals surface area contributed by atoms with Crippen molar-refractivity contribution in [3.8, 4) is 0 Å². The van der Waals surface area contributed by atoms with Crippen molar-refractivity contribution in [2.24, 2.45) is 11.8 Å². The van der Waals surface area contributed by atoms with Crippen LogP contribution >= 0.6 is 0 Å². The number of nitrogens with one attached hydrogen (secondary N) is 1. The Kier molecular flexibility index (Phi) is 6.19. The van der Waals surface area contributed by atoms with Gasteiger partial charge in [-0.15, -0.1) is 0 Å². The zero-order valence-electron chi connectivity index (χ0n) is 19.9. The lowest BCUT2D eigenvalue weighted by Crippen LogP contribution is -2.38. The van der Waals surface area contributed by atoms with Gasteiger partial charge in [-0.3, -0.25) is 9.80 Å². The Morgan fingerprint density at radius 1 is 1.20 bits per heavy atom. The van der Waals surface area contributed by atoms with E-state index in [1.54, 1.807) is 30.0 Å². The number of allylic oxidation sites excluding steroid dienone is 3. The van der Waals surface area contributed by atoms with E-state index < -0.39 is 0 Å². The van der Waals surface area contributed by atoms with Crippen LogP contribution in [-0.2, 0) is 11.3 Å². The average Bonchev–Trinajstić information content (AvgIpc) is 3.46. The van der Waals surface area contributed by atoms with Crippen LogP contribution < -0.4 is 10.4 Å². The molecule has 35 heavy (non-hydrogen) atoms. The fourth-order valence-electron chi connectivity index (χ4n) is 5.42. The number of hydrogen-bond donors (Lipinski definition) is 2. The summed E-state index contributed by atoms with van der Waals surface area (Å²) in [6.07, 6.45) is 5.57. The monoisotopic (exact) mass is 477 g/mol. The summed E-state index contributed by atoms with van der Waals surface area (Å²) in [5, 5.41) is 11.6. The van der Waals surface area contributed by atoms with Crippen LogP contribution in [0.3, 0.4) is 0 Å². The number of anilines is 1. The molecule has 0 aromatic heterocycles. The second-order valence-corrected chi connectivity index (χ2v) is 9.43. The topological polar surface area (TPSA) is 55.8 Å². The van der Waals surface area contributed by atoms with E-state index in [-0.39, 0.29) is 49.1 Å². The lowest BCUT2D eigenvalue weighted by Gasteiger charge is -2.32. The van der Waals surface area contributed by atoms with Gasteiger partial charge in [0.15, 0.2) is 0 Å². The maximum absolute atomic E-state index is 14.1. The number of fused-ring (bicyclic) bond motifs is 1. The summed E-state index contributed by atoms with van der Waals surface area (Å²) in [6.45, 7) is 4.12. The van der Waals surface area contributed by atoms with Crippen LogP contribution in [0.25, 0.3) is 0 Å². The summed E-state index contributed by atoms with van der Waals surface area (Å²) in [5.41, 5.74) is 9.75. The number of nitrogens with zero attached hydrogens (tertiary/aromatic N) is 2. The highest BCUT2D eigenvalue weighted by Crippen LogP contribution is 2.48. The van der Waals surface area contributed by atoms with Gasteiger partial charge in [0.25, 0.3) is 0 Å². The van der Waals surface area contributed by atoms with Crippen molar-refractivity contribution in [3.63, 3.8) is 0 Å². The lowest BCUT2D eigenvalue weighted by atomic mass is 9.80. The average molecular weight is 478 g/mol. The number of aliphatic hydroxyl groups is 1. The summed E-state index contributed by atoms with van der Waals surface area (Å²) in [6, 6.07) is 11.3. The van der Waals surface area contributed by atoms with Crippen molar-refractivity contribution >= 4 is 11.6 Å². The van der Waals surface area contributed by atoms with Crippen LogP contribution in [0, 0.1) is 30.4 Å². The van der Waals surface area contributed by atoms with E-state index in [1.165, 1.54) is 18.2 Å². The van der Waals surface area contributed by atoms with Gasteiger partial charge < -0.3 is 15.4 Å². The molecule has 5 rings (SSSR count). The molecule has 2 aromatic carbocycles. The first kappa shape index (κ1) is 23.3. The Morgan fingerprint density at radius 2 is 1.97 bits per heavy atom. The van der Waals surface area contributed by atoms with Crippen molar-refractivity contribution in [2.45, 2.75) is 33.2 Å². The molecular weight excluding hydrogens is 448 g/mol. The molecule has 0 bridgehead atoms. The highest BCUT2D eigenvalue weighted by molar-refractivity contribution is 5.84. The number of amides is 1. The Labute approximate surface area is 204 Å². The zero-order chi connectivity index (χ0) is 24.7. The molecule has 2 aliphatic carbocycles. The lowest BCUT2D eigenvalue weighted by molar-refractivity contribution is -0.135. The van der Waals surface area contributed by atoms with E-state index >= 15 is 0 Å². The molecule has 3 aliphatic rings. The van der Waals surface area contributed by atoms with Crippen LogP contribution in [0.4, 0.5) is 14.5 Å². The first-order valence-electron chi connectivity index (χ1n) is 12.0. The summed E-state index contributed by atoms with van der Waals surface area (Å²) in [7, 11) is 0. The first-order valence-corrected chi connectivity index (χ1v) is 12.0. The van der Waals surface area contributed by atoms with E-state index in [1.807, 2.05) is 17.3 Å². The van der Waals surface area contributed by atoms with Gasteiger partial charge in [-0.2, -0.15) is 0 Å². The fraction of sp³-hybridized carbons (Fsp3) is 0.321. The number of rotatable bonds is 6. The van der Waals surface area contributed by atoms with Gasteiger partial charge in [-0.25, -0.2) is 8.78 Å². The number of aliphatic hydroxyl groups excluding tert-OH is 1. The Hall–Kier alpha value is -3.45. The molecular formula is C28H29F2N3O2. The van der Waals surface area contributed by atoms with Crippen LogP contribution in [0.5, 0.6) is 0 Å². The largest absolute Gasteiger partial charge is 0.395 e. The maximum atomic E-state index is 14.1. The first-order chi connectivity index (χ1) is 16.9. The van der Waals surface area contributed by atoms with E-state index in [9.17, 15) is 18.7 Å². The highest BCUT2D eigenvalue weighted by Gasteiger charge is 2.41. The highest BCUT2D eigenvalue weighted by atomic mass is 19.1. The van der Waals surface area contributed by atoms with Gasteiger partial charge in [0.1, 0.15) is 11.6 Å². The molecule has 182 valence electrons. The Bertz CT molecular complexity index is 1250. The summed E-state index contributed by atoms with van der Waals surface area (Å²) in [4.78, 5) is 15.3. The predicted octanol–water partition coefficient (Wildman–Crippen LogP) is 4.74. The van der Waals surface area contributed by atoms with Crippen LogP contribution in [0.15, 0.2) is 77.2 Å². The van der Waals surface area contributed by atoms with Crippen molar-refractivity contribution in [3.05, 3.63) is 99.9 Å². The number of hydrogen-bond acceptors (Lipinski definition) is 4. The Balaban J connectivity index is 1.41. The van der Waals surface area contributed by atoms with Crippen LogP contribution in [0.2, 0.25) is 0 Å². The third kappa shape index (κ3) is 4.25. The van der Waals surface area contributed by atoms with E-state index in [2.05, 4.69) is 18.4 Å². The molecule has 0 radical (unpaired) electrons. The van der Waals surface area contributed by atoms with Gasteiger partial charge in [-0.05, 0) is 78.4 Å². The molecule has 0 fully saturated rings. The van der Waals surface area contributed by atoms with Gasteiger partial charge in [0.05, 0.1) is 23.9 Å². The van der Waals surface area contributed by atoms with E-state index in [0.29, 0.717) is 17.5 Å². The minimum absolute atomic E-state index is 0.0318. The molecule has 7 heteroatoms. The maximum Gasteiger partial charge on any atom is 0.230 e. The summed E-state index contributed by atoms with van der Waals surface area (Å²) < 4.78 is 27.5. The van der Waals surface area contributed by atoms with Crippen molar-refractivity contribution in [1.82, 2.24) is 10.3 Å². The minimum Gasteiger partial charge on any atom is -0.395 e. The summed E-state index contributed by atoms with van der Waals surface area (Å²) >= 11 is 0. The normalized spacial score (nSPS) is 20.8. The number of carbonyl (C=O) groups is 1. The molecule has 0 spiro atoms. The molecule has 0 saturated carbocycles. The molecule has 2 atom stereocenters. The number of benzene rings is 2. The molecule has 0 saturated heterocycles. The van der Waals surface area contributed by atoms with Gasteiger partial charge in [0, 0.05) is 30.8 Å². The SMILES string of the molecule is Cc1ccc(CN(CCO)C(=O)[C@H]2CCC3=C2[C@@H](C)C2=CNN(c4ccc(F)cc4)C2=C3)cc1F. The standard InChI is InChI=1S/C28H29F2N3O2/c1-17-3-4-19(13-25(17)30)16-32(11-12-34)28(35)23-10-5-20-14-26-24(18(2)27(20)23)15-31-33(26)22-8-6-21(29)7-9-22/h3-4,6-9,13-15,18,23,31,34H,5,10-12,16H2,1-2H3/t18-,23-/m0/s1. The van der Waals surface area contributed by atoms with Gasteiger partial charge >= 0.3 is 0 Å². The zero-order valence-corrected chi connectivity index (χ0v) is 19.9. The van der Waals surface area contributed by atoms with Gasteiger partial charge in [-0.1, -0.05) is 19.1 Å².